The van der Waals surface area contributed by atoms with Crippen LogP contribution in [0, 0.1) is 6.92 Å². The van der Waals surface area contributed by atoms with Crippen molar-refractivity contribution in [1.82, 2.24) is 9.78 Å². The van der Waals surface area contributed by atoms with Crippen molar-refractivity contribution in [2.24, 2.45) is 7.05 Å². The average molecular weight is 316 g/mol. The largest absolute Gasteiger partial charge is 0.487 e. The molecule has 2 aromatic rings. The first-order valence-corrected chi connectivity index (χ1v) is 6.31. The molecule has 1 heterocycles. The van der Waals surface area contributed by atoms with E-state index >= 15 is 0 Å². The van der Waals surface area contributed by atoms with Crippen LogP contribution in [0.5, 0.6) is 5.75 Å². The first kappa shape index (κ1) is 12.5. The van der Waals surface area contributed by atoms with Crippen LogP contribution in [0.4, 0.5) is 0 Å². The molecular weight excluding hydrogens is 304 g/mol. The summed E-state index contributed by atoms with van der Waals surface area (Å²) in [6, 6.07) is 7.70. The molecule has 0 radical (unpaired) electrons. The number of aromatic nitrogens is 2. The van der Waals surface area contributed by atoms with E-state index in [0.717, 1.165) is 21.6 Å². The van der Waals surface area contributed by atoms with Gasteiger partial charge in [-0.1, -0.05) is 33.6 Å². The molecule has 0 fully saturated rings. The van der Waals surface area contributed by atoms with Crippen molar-refractivity contribution in [1.29, 1.82) is 0 Å². The zero-order valence-corrected chi connectivity index (χ0v) is 11.9. The molecule has 3 nitrogen and oxygen atoms in total. The smallest absolute Gasteiger partial charge is 0.131 e. The van der Waals surface area contributed by atoms with Crippen molar-refractivity contribution in [2.75, 3.05) is 0 Å². The molecule has 1 aromatic carbocycles. The maximum Gasteiger partial charge on any atom is 0.131 e. The molecule has 0 aliphatic heterocycles. The molecule has 0 bridgehead atoms. The molecule has 0 aliphatic carbocycles. The lowest BCUT2D eigenvalue weighted by atomic mass is 10.3. The van der Waals surface area contributed by atoms with Gasteiger partial charge in [-0.05, 0) is 25.1 Å². The lowest BCUT2D eigenvalue weighted by molar-refractivity contribution is 0.295. The van der Waals surface area contributed by atoms with E-state index in [1.807, 2.05) is 38.2 Å². The summed E-state index contributed by atoms with van der Waals surface area (Å²) in [5, 5.41) is 4.90. The first-order valence-electron chi connectivity index (χ1n) is 5.14. The fourth-order valence-corrected chi connectivity index (χ4v) is 2.14. The summed E-state index contributed by atoms with van der Waals surface area (Å²) in [6.45, 7) is 2.29. The molecule has 0 aliphatic rings. The third kappa shape index (κ3) is 2.82. The van der Waals surface area contributed by atoms with E-state index in [-0.39, 0.29) is 0 Å². The Bertz CT molecular complexity index is 539. The fourth-order valence-electron chi connectivity index (χ4n) is 1.55. The second kappa shape index (κ2) is 5.10. The predicted octanol–water partition coefficient (Wildman–Crippen LogP) is 3.72. The van der Waals surface area contributed by atoms with E-state index in [1.165, 1.54) is 0 Å². The van der Waals surface area contributed by atoms with Gasteiger partial charge in [0.1, 0.15) is 12.4 Å². The highest BCUT2D eigenvalue weighted by atomic mass is 79.9. The lowest BCUT2D eigenvalue weighted by Crippen LogP contribution is -2.03. The molecule has 0 saturated carbocycles. The summed E-state index contributed by atoms with van der Waals surface area (Å²) in [6.07, 6.45) is 0. The first-order chi connectivity index (χ1) is 8.08. The van der Waals surface area contributed by atoms with Crippen molar-refractivity contribution in [3.63, 3.8) is 0 Å². The molecule has 5 heteroatoms. The molecule has 0 spiro atoms. The Morgan fingerprint density at radius 3 is 2.82 bits per heavy atom. The number of hydrogen-bond acceptors (Lipinski definition) is 2. The minimum absolute atomic E-state index is 0.409. The number of ether oxygens (including phenoxy) is 1. The monoisotopic (exact) mass is 314 g/mol. The Balaban J connectivity index is 2.12. The van der Waals surface area contributed by atoms with Gasteiger partial charge >= 0.3 is 0 Å². The molecule has 1 aromatic heterocycles. The van der Waals surface area contributed by atoms with Gasteiger partial charge in [0.25, 0.3) is 0 Å². The van der Waals surface area contributed by atoms with Crippen molar-refractivity contribution in [2.45, 2.75) is 13.5 Å². The Morgan fingerprint density at radius 1 is 1.47 bits per heavy atom. The summed E-state index contributed by atoms with van der Waals surface area (Å²) < 4.78 is 8.41. The molecular formula is C12H12BrClN2O. The molecule has 90 valence electrons. The van der Waals surface area contributed by atoms with Crippen LogP contribution < -0.4 is 4.74 Å². The summed E-state index contributed by atoms with van der Waals surface area (Å²) in [4.78, 5) is 0. The van der Waals surface area contributed by atoms with Gasteiger partial charge in [-0.25, -0.2) is 0 Å². The molecule has 0 unspecified atom stereocenters. The number of hydrogen-bond donors (Lipinski definition) is 0. The number of rotatable bonds is 3. The van der Waals surface area contributed by atoms with Crippen molar-refractivity contribution in [3.05, 3.63) is 45.1 Å². The quantitative estimate of drug-likeness (QED) is 0.863. The summed E-state index contributed by atoms with van der Waals surface area (Å²) >= 11 is 9.54. The third-order valence-electron chi connectivity index (χ3n) is 2.43. The Labute approximate surface area is 113 Å². The van der Waals surface area contributed by atoms with E-state index in [4.69, 9.17) is 16.3 Å². The van der Waals surface area contributed by atoms with Crippen LogP contribution in [0.15, 0.2) is 28.7 Å². The highest BCUT2D eigenvalue weighted by molar-refractivity contribution is 9.10. The molecule has 0 amide bonds. The van der Waals surface area contributed by atoms with Crippen LogP contribution in [0.2, 0.25) is 5.02 Å². The number of nitrogens with zero attached hydrogens (tertiary/aromatic N) is 2. The van der Waals surface area contributed by atoms with Crippen molar-refractivity contribution >= 4 is 27.5 Å². The van der Waals surface area contributed by atoms with Gasteiger partial charge in [0.15, 0.2) is 0 Å². The van der Waals surface area contributed by atoms with Crippen LogP contribution in [0.3, 0.4) is 0 Å². The number of halogens is 2. The van der Waals surface area contributed by atoms with Crippen molar-refractivity contribution < 1.29 is 4.74 Å². The Morgan fingerprint density at radius 2 is 2.24 bits per heavy atom. The SMILES string of the molecule is Cc1nn(C)c(COc2cccc(Br)c2)c1Cl. The lowest BCUT2D eigenvalue weighted by Gasteiger charge is -2.07. The van der Waals surface area contributed by atoms with Crippen molar-refractivity contribution in [3.8, 4) is 5.75 Å². The standard InChI is InChI=1S/C12H12BrClN2O/c1-8-12(14)11(16(2)15-8)7-17-10-5-3-4-9(13)6-10/h3-6H,7H2,1-2H3. The van der Waals surface area contributed by atoms with Crippen LogP contribution in [0.1, 0.15) is 11.4 Å². The van der Waals surface area contributed by atoms with Gasteiger partial charge in [-0.3, -0.25) is 4.68 Å². The maximum absolute atomic E-state index is 6.14. The highest BCUT2D eigenvalue weighted by Gasteiger charge is 2.11. The van der Waals surface area contributed by atoms with E-state index in [9.17, 15) is 0 Å². The van der Waals surface area contributed by atoms with Gasteiger partial charge in [0, 0.05) is 11.5 Å². The minimum Gasteiger partial charge on any atom is -0.487 e. The van der Waals surface area contributed by atoms with E-state index in [0.29, 0.717) is 11.6 Å². The fraction of sp³-hybridized carbons (Fsp3) is 0.250. The van der Waals surface area contributed by atoms with E-state index in [1.54, 1.807) is 4.68 Å². The topological polar surface area (TPSA) is 27.1 Å². The Kier molecular flexibility index (Phi) is 3.74. The van der Waals surface area contributed by atoms with Gasteiger partial charge in [-0.2, -0.15) is 5.10 Å². The predicted molar refractivity (Wildman–Crippen MR) is 71.4 cm³/mol. The van der Waals surface area contributed by atoms with E-state index < -0.39 is 0 Å². The molecule has 0 saturated heterocycles. The zero-order chi connectivity index (χ0) is 12.4. The van der Waals surface area contributed by atoms with Crippen LogP contribution in [-0.2, 0) is 13.7 Å². The normalized spacial score (nSPS) is 10.6. The second-order valence-corrected chi connectivity index (χ2v) is 5.01. The van der Waals surface area contributed by atoms with Gasteiger partial charge in [-0.15, -0.1) is 0 Å². The van der Waals surface area contributed by atoms with Gasteiger partial charge < -0.3 is 4.74 Å². The molecule has 17 heavy (non-hydrogen) atoms. The average Bonchev–Trinajstić information content (AvgIpc) is 2.51. The summed E-state index contributed by atoms with van der Waals surface area (Å²) in [7, 11) is 1.86. The zero-order valence-electron chi connectivity index (χ0n) is 9.58. The van der Waals surface area contributed by atoms with Gasteiger partial charge in [0.2, 0.25) is 0 Å². The highest BCUT2D eigenvalue weighted by Crippen LogP contribution is 2.23. The van der Waals surface area contributed by atoms with Crippen LogP contribution >= 0.6 is 27.5 Å². The van der Waals surface area contributed by atoms with Crippen LogP contribution in [0.25, 0.3) is 0 Å². The number of benzene rings is 1. The minimum atomic E-state index is 0.409. The summed E-state index contributed by atoms with van der Waals surface area (Å²) in [5.74, 6) is 0.800. The van der Waals surface area contributed by atoms with Gasteiger partial charge in [0.05, 0.1) is 16.4 Å². The maximum atomic E-state index is 6.14. The third-order valence-corrected chi connectivity index (χ3v) is 3.42. The second-order valence-electron chi connectivity index (χ2n) is 3.72. The Hall–Kier alpha value is -1.000. The van der Waals surface area contributed by atoms with Crippen LogP contribution in [-0.4, -0.2) is 9.78 Å². The van der Waals surface area contributed by atoms with E-state index in [2.05, 4.69) is 21.0 Å². The summed E-state index contributed by atoms with van der Waals surface area (Å²) in [5.41, 5.74) is 1.70. The number of aryl methyl sites for hydroxylation is 2. The molecule has 0 N–H and O–H groups in total. The molecule has 2 rings (SSSR count). The molecule has 0 atom stereocenters.